The third kappa shape index (κ3) is 4.43. The van der Waals surface area contributed by atoms with Crippen LogP contribution in [0.5, 0.6) is 0 Å². The van der Waals surface area contributed by atoms with E-state index in [-0.39, 0.29) is 5.57 Å². The third-order valence-corrected chi connectivity index (χ3v) is 2.94. The number of rotatable bonds is 7. The second-order valence-electron chi connectivity index (χ2n) is 4.61. The molecule has 1 aromatic carbocycles. The van der Waals surface area contributed by atoms with Crippen LogP contribution in [0.25, 0.3) is 6.08 Å². The maximum absolute atomic E-state index is 11.0. The van der Waals surface area contributed by atoms with Crippen molar-refractivity contribution in [1.29, 1.82) is 5.26 Å². The molecule has 0 bridgehead atoms. The van der Waals surface area contributed by atoms with Gasteiger partial charge >= 0.3 is 0 Å². The lowest BCUT2D eigenvalue weighted by Crippen LogP contribution is -2.24. The molecule has 1 rings (SSSR count). The highest BCUT2D eigenvalue weighted by Gasteiger charge is 2.05. The van der Waals surface area contributed by atoms with Crippen molar-refractivity contribution < 1.29 is 4.79 Å². The molecule has 20 heavy (non-hydrogen) atoms. The molecule has 1 aromatic rings. The number of hydrogen-bond donors (Lipinski definition) is 1. The van der Waals surface area contributed by atoms with Gasteiger partial charge in [-0.05, 0) is 36.6 Å². The molecule has 0 fully saturated rings. The molecule has 1 amide bonds. The van der Waals surface area contributed by atoms with Crippen LogP contribution in [-0.4, -0.2) is 19.0 Å². The van der Waals surface area contributed by atoms with Crippen LogP contribution in [-0.2, 0) is 4.79 Å². The Morgan fingerprint density at radius 1 is 1.25 bits per heavy atom. The maximum atomic E-state index is 11.0. The molecule has 0 aromatic heterocycles. The molecule has 0 atom stereocenters. The average Bonchev–Trinajstić information content (AvgIpc) is 2.45. The quantitative estimate of drug-likeness (QED) is 0.612. The maximum Gasteiger partial charge on any atom is 0.259 e. The van der Waals surface area contributed by atoms with E-state index >= 15 is 0 Å². The van der Waals surface area contributed by atoms with Crippen molar-refractivity contribution >= 4 is 17.7 Å². The second-order valence-corrected chi connectivity index (χ2v) is 4.61. The lowest BCUT2D eigenvalue weighted by Gasteiger charge is -2.23. The molecule has 106 valence electrons. The van der Waals surface area contributed by atoms with Crippen molar-refractivity contribution in [2.24, 2.45) is 5.73 Å². The lowest BCUT2D eigenvalue weighted by molar-refractivity contribution is -0.114. The largest absolute Gasteiger partial charge is 0.372 e. The van der Waals surface area contributed by atoms with Crippen molar-refractivity contribution in [1.82, 2.24) is 0 Å². The molecule has 0 aliphatic carbocycles. The summed E-state index contributed by atoms with van der Waals surface area (Å²) in [6.45, 7) is 6.36. The Balaban J connectivity index is 2.93. The SMILES string of the molecule is CCCN(CCC)c1ccc(C=C(C#N)C(N)=O)cc1. The van der Waals surface area contributed by atoms with E-state index < -0.39 is 5.91 Å². The van der Waals surface area contributed by atoms with E-state index in [4.69, 9.17) is 11.0 Å². The fourth-order valence-electron chi connectivity index (χ4n) is 2.02. The number of carbonyl (C=O) groups is 1. The van der Waals surface area contributed by atoms with Gasteiger partial charge in [0.25, 0.3) is 5.91 Å². The first-order valence-electron chi connectivity index (χ1n) is 6.89. The van der Waals surface area contributed by atoms with Crippen molar-refractivity contribution in [3.63, 3.8) is 0 Å². The van der Waals surface area contributed by atoms with Gasteiger partial charge in [-0.15, -0.1) is 0 Å². The zero-order valence-electron chi connectivity index (χ0n) is 12.1. The van der Waals surface area contributed by atoms with Crippen LogP contribution in [0.1, 0.15) is 32.3 Å². The molecule has 4 heteroatoms. The molecule has 2 N–H and O–H groups in total. The van der Waals surface area contributed by atoms with E-state index in [1.54, 1.807) is 6.07 Å². The van der Waals surface area contributed by atoms with Gasteiger partial charge < -0.3 is 10.6 Å². The summed E-state index contributed by atoms with van der Waals surface area (Å²) in [6, 6.07) is 9.61. The van der Waals surface area contributed by atoms with E-state index in [0.717, 1.165) is 37.2 Å². The first kappa shape index (κ1) is 15.8. The van der Waals surface area contributed by atoms with Gasteiger partial charge in [-0.25, -0.2) is 0 Å². The Morgan fingerprint density at radius 2 is 1.80 bits per heavy atom. The third-order valence-electron chi connectivity index (χ3n) is 2.94. The number of hydrogen-bond acceptors (Lipinski definition) is 3. The minimum Gasteiger partial charge on any atom is -0.372 e. The average molecular weight is 271 g/mol. The van der Waals surface area contributed by atoms with Crippen LogP contribution in [0, 0.1) is 11.3 Å². The van der Waals surface area contributed by atoms with Crippen molar-refractivity contribution in [3.05, 3.63) is 35.4 Å². The summed E-state index contributed by atoms with van der Waals surface area (Å²) < 4.78 is 0. The van der Waals surface area contributed by atoms with Crippen LogP contribution in [0.2, 0.25) is 0 Å². The van der Waals surface area contributed by atoms with Crippen molar-refractivity contribution in [2.75, 3.05) is 18.0 Å². The molecule has 4 nitrogen and oxygen atoms in total. The predicted octanol–water partition coefficient (Wildman–Crippen LogP) is 2.71. The summed E-state index contributed by atoms with van der Waals surface area (Å²) in [5.41, 5.74) is 7.04. The van der Waals surface area contributed by atoms with Gasteiger partial charge in [0.2, 0.25) is 0 Å². The first-order chi connectivity index (χ1) is 9.62. The highest BCUT2D eigenvalue weighted by atomic mass is 16.1. The molecule has 0 saturated heterocycles. The molecule has 0 radical (unpaired) electrons. The summed E-state index contributed by atoms with van der Waals surface area (Å²) in [6.07, 6.45) is 3.71. The smallest absolute Gasteiger partial charge is 0.259 e. The normalized spacial score (nSPS) is 10.9. The van der Waals surface area contributed by atoms with Crippen LogP contribution in [0.3, 0.4) is 0 Å². The van der Waals surface area contributed by atoms with Crippen LogP contribution in [0.15, 0.2) is 29.8 Å². The Kier molecular flexibility index (Phi) is 6.31. The standard InChI is InChI=1S/C16H21N3O/c1-3-9-19(10-4-2)15-7-5-13(6-8-15)11-14(12-17)16(18)20/h5-8,11H,3-4,9-10H2,1-2H3,(H2,18,20). The minimum atomic E-state index is -0.699. The Labute approximate surface area is 120 Å². The molecular weight excluding hydrogens is 250 g/mol. The Bertz CT molecular complexity index is 506. The Hall–Kier alpha value is -2.28. The van der Waals surface area contributed by atoms with Gasteiger partial charge in [-0.3, -0.25) is 4.79 Å². The number of nitriles is 1. The summed E-state index contributed by atoms with van der Waals surface area (Å²) in [7, 11) is 0. The fourth-order valence-corrected chi connectivity index (χ4v) is 2.02. The van der Waals surface area contributed by atoms with Gasteiger partial charge in [0, 0.05) is 18.8 Å². The zero-order valence-corrected chi connectivity index (χ0v) is 12.1. The van der Waals surface area contributed by atoms with Gasteiger partial charge in [-0.2, -0.15) is 5.26 Å². The van der Waals surface area contributed by atoms with Gasteiger partial charge in [0.15, 0.2) is 0 Å². The summed E-state index contributed by atoms with van der Waals surface area (Å²) >= 11 is 0. The highest BCUT2D eigenvalue weighted by Crippen LogP contribution is 2.17. The molecule has 0 unspecified atom stereocenters. The Morgan fingerprint density at radius 3 is 2.20 bits per heavy atom. The summed E-state index contributed by atoms with van der Waals surface area (Å²) in [5, 5.41) is 8.81. The molecule has 0 spiro atoms. The van der Waals surface area contributed by atoms with E-state index in [1.165, 1.54) is 6.08 Å². The van der Waals surface area contributed by atoms with Crippen molar-refractivity contribution in [3.8, 4) is 6.07 Å². The second kappa shape index (κ2) is 8.00. The molecule has 0 heterocycles. The van der Waals surface area contributed by atoms with Gasteiger partial charge in [0.05, 0.1) is 0 Å². The number of nitrogens with two attached hydrogens (primary N) is 1. The van der Waals surface area contributed by atoms with E-state index in [1.807, 2.05) is 24.3 Å². The first-order valence-corrected chi connectivity index (χ1v) is 6.89. The van der Waals surface area contributed by atoms with E-state index in [0.29, 0.717) is 0 Å². The molecule has 0 aliphatic rings. The molecule has 0 saturated carbocycles. The minimum absolute atomic E-state index is 0.0308. The van der Waals surface area contributed by atoms with E-state index in [2.05, 4.69) is 18.7 Å². The molecular formula is C16H21N3O. The highest BCUT2D eigenvalue weighted by molar-refractivity contribution is 6.00. The van der Waals surface area contributed by atoms with Crippen molar-refractivity contribution in [2.45, 2.75) is 26.7 Å². The van der Waals surface area contributed by atoms with Gasteiger partial charge in [-0.1, -0.05) is 26.0 Å². The monoisotopic (exact) mass is 271 g/mol. The number of benzene rings is 1. The number of nitrogens with zero attached hydrogens (tertiary/aromatic N) is 2. The fraction of sp³-hybridized carbons (Fsp3) is 0.375. The summed E-state index contributed by atoms with van der Waals surface area (Å²) in [4.78, 5) is 13.3. The number of carbonyl (C=O) groups excluding carboxylic acids is 1. The zero-order chi connectivity index (χ0) is 15.0. The predicted molar refractivity (Wildman–Crippen MR) is 82.0 cm³/mol. The van der Waals surface area contributed by atoms with Gasteiger partial charge in [0.1, 0.15) is 11.6 Å². The number of amides is 1. The number of primary amides is 1. The lowest BCUT2D eigenvalue weighted by atomic mass is 10.1. The summed E-state index contributed by atoms with van der Waals surface area (Å²) in [5.74, 6) is -0.699. The van der Waals surface area contributed by atoms with Crippen LogP contribution in [0.4, 0.5) is 5.69 Å². The van der Waals surface area contributed by atoms with E-state index in [9.17, 15) is 4.79 Å². The molecule has 0 aliphatic heterocycles. The van der Waals surface area contributed by atoms with Crippen LogP contribution < -0.4 is 10.6 Å². The van der Waals surface area contributed by atoms with Crippen LogP contribution >= 0.6 is 0 Å². The number of anilines is 1. The topological polar surface area (TPSA) is 70.1 Å².